The third-order valence-electron chi connectivity index (χ3n) is 14.4. The summed E-state index contributed by atoms with van der Waals surface area (Å²) in [5.74, 6) is -0.103. The minimum Gasteiger partial charge on any atom is -0.466 e. The number of carbonyl (C=O) groups excluding carboxylic acids is 2. The van der Waals surface area contributed by atoms with Crippen LogP contribution in [0.5, 0.6) is 0 Å². The van der Waals surface area contributed by atoms with Crippen molar-refractivity contribution >= 4 is 11.9 Å². The summed E-state index contributed by atoms with van der Waals surface area (Å²) >= 11 is 0. The number of rotatable bonds is 58. The first kappa shape index (κ1) is 68.1. The number of aliphatic hydroxyl groups excluding tert-OH is 2. The van der Waals surface area contributed by atoms with Crippen LogP contribution in [0.2, 0.25) is 0 Å². The largest absolute Gasteiger partial charge is 0.466 e. The zero-order valence-electron chi connectivity index (χ0n) is 47.0. The predicted molar refractivity (Wildman–Crippen MR) is 306 cm³/mol. The Balaban J connectivity index is 3.48. The summed E-state index contributed by atoms with van der Waals surface area (Å²) in [7, 11) is 0. The molecule has 0 saturated heterocycles. The fourth-order valence-corrected chi connectivity index (χ4v) is 9.61. The molecule has 0 radical (unpaired) electrons. The lowest BCUT2D eigenvalue weighted by Crippen LogP contribution is -2.45. The van der Waals surface area contributed by atoms with E-state index in [1.165, 1.54) is 244 Å². The molecular formula is C64H121NO5. The van der Waals surface area contributed by atoms with Crippen LogP contribution in [0.1, 0.15) is 335 Å². The molecule has 412 valence electrons. The van der Waals surface area contributed by atoms with Gasteiger partial charge in [-0.25, -0.2) is 0 Å². The molecule has 0 aliphatic carbocycles. The molecule has 0 aliphatic heterocycles. The van der Waals surface area contributed by atoms with Crippen LogP contribution in [0, 0.1) is 0 Å². The topological polar surface area (TPSA) is 95.9 Å². The number of amides is 1. The molecular weight excluding hydrogens is 863 g/mol. The number of carbonyl (C=O) groups is 2. The fraction of sp³-hybridized carbons (Fsp3) is 0.875. The van der Waals surface area contributed by atoms with Crippen LogP contribution >= 0.6 is 0 Å². The molecule has 0 aromatic rings. The van der Waals surface area contributed by atoms with E-state index < -0.39 is 12.1 Å². The standard InChI is InChI=1S/C64H121NO5/c1-3-5-7-9-11-13-15-17-19-21-23-24-25-26-28-29-31-33-36-40-44-48-52-56-62(67)61(60-66)65-63(68)57-53-49-45-41-37-35-39-43-47-51-55-59-70-64(69)58-54-50-46-42-38-34-32-30-27-22-20-18-16-14-12-10-8-6-4-2/h12,14,18,20,52,56,61-62,66-67H,3-11,13,15-17,19,21-51,53-55,57-60H2,1-2H3,(H,65,68)/b14-12-,20-18-,56-52+. The Morgan fingerprint density at radius 2 is 0.714 bits per heavy atom. The average molecular weight is 985 g/mol. The Kier molecular flexibility index (Phi) is 58.0. The van der Waals surface area contributed by atoms with E-state index in [0.717, 1.165) is 64.2 Å². The van der Waals surface area contributed by atoms with Gasteiger partial charge < -0.3 is 20.3 Å². The van der Waals surface area contributed by atoms with Gasteiger partial charge in [0.2, 0.25) is 5.91 Å². The first-order valence-electron chi connectivity index (χ1n) is 31.3. The molecule has 1 amide bonds. The molecule has 0 spiro atoms. The van der Waals surface area contributed by atoms with Gasteiger partial charge in [-0.2, -0.15) is 0 Å². The molecule has 3 N–H and O–H groups in total. The Bertz CT molecular complexity index is 1130. The van der Waals surface area contributed by atoms with Gasteiger partial charge in [0.25, 0.3) is 0 Å². The fourth-order valence-electron chi connectivity index (χ4n) is 9.61. The summed E-state index contributed by atoms with van der Waals surface area (Å²) in [6.45, 7) is 4.86. The van der Waals surface area contributed by atoms with Gasteiger partial charge in [-0.05, 0) is 64.2 Å². The monoisotopic (exact) mass is 984 g/mol. The minimum atomic E-state index is -0.859. The highest BCUT2D eigenvalue weighted by molar-refractivity contribution is 5.76. The van der Waals surface area contributed by atoms with Crippen molar-refractivity contribution < 1.29 is 24.5 Å². The third kappa shape index (κ3) is 55.4. The van der Waals surface area contributed by atoms with Crippen LogP contribution in [-0.2, 0) is 14.3 Å². The van der Waals surface area contributed by atoms with Gasteiger partial charge in [0.05, 0.1) is 25.4 Å². The van der Waals surface area contributed by atoms with E-state index in [1.54, 1.807) is 6.08 Å². The first-order chi connectivity index (χ1) is 34.5. The molecule has 2 unspecified atom stereocenters. The average Bonchev–Trinajstić information content (AvgIpc) is 3.36. The molecule has 6 nitrogen and oxygen atoms in total. The van der Waals surface area contributed by atoms with Gasteiger partial charge in [0.1, 0.15) is 0 Å². The van der Waals surface area contributed by atoms with Crippen molar-refractivity contribution in [3.8, 4) is 0 Å². The van der Waals surface area contributed by atoms with Crippen molar-refractivity contribution in [2.45, 2.75) is 347 Å². The van der Waals surface area contributed by atoms with Gasteiger partial charge >= 0.3 is 5.97 Å². The van der Waals surface area contributed by atoms with Crippen LogP contribution < -0.4 is 5.32 Å². The van der Waals surface area contributed by atoms with Crippen molar-refractivity contribution in [1.82, 2.24) is 5.32 Å². The lowest BCUT2D eigenvalue weighted by molar-refractivity contribution is -0.143. The summed E-state index contributed by atoms with van der Waals surface area (Å²) in [4.78, 5) is 24.6. The number of hydrogen-bond donors (Lipinski definition) is 3. The highest BCUT2D eigenvalue weighted by atomic mass is 16.5. The zero-order chi connectivity index (χ0) is 50.7. The lowest BCUT2D eigenvalue weighted by atomic mass is 10.0. The number of aliphatic hydroxyl groups is 2. The third-order valence-corrected chi connectivity index (χ3v) is 14.4. The van der Waals surface area contributed by atoms with E-state index in [4.69, 9.17) is 4.74 Å². The number of ether oxygens (including phenoxy) is 1. The Labute approximate surface area is 436 Å². The van der Waals surface area contributed by atoms with Crippen LogP contribution in [0.15, 0.2) is 36.5 Å². The zero-order valence-corrected chi connectivity index (χ0v) is 47.0. The van der Waals surface area contributed by atoms with Crippen LogP contribution in [-0.4, -0.2) is 47.4 Å². The maximum Gasteiger partial charge on any atom is 0.305 e. The number of unbranched alkanes of at least 4 members (excludes halogenated alkanes) is 43. The summed E-state index contributed by atoms with van der Waals surface area (Å²) in [5, 5.41) is 23.2. The quantitative estimate of drug-likeness (QED) is 0.0321. The van der Waals surface area contributed by atoms with Gasteiger partial charge in [0.15, 0.2) is 0 Å². The minimum absolute atomic E-state index is 0.0185. The molecule has 0 fully saturated rings. The number of allylic oxidation sites excluding steroid dienone is 5. The Morgan fingerprint density at radius 1 is 0.400 bits per heavy atom. The molecule has 0 bridgehead atoms. The summed E-state index contributed by atoms with van der Waals surface area (Å²) in [6, 6.07) is -0.644. The van der Waals surface area contributed by atoms with Gasteiger partial charge in [0, 0.05) is 12.8 Å². The van der Waals surface area contributed by atoms with Crippen molar-refractivity contribution in [3.63, 3.8) is 0 Å². The van der Waals surface area contributed by atoms with Crippen molar-refractivity contribution in [2.24, 2.45) is 0 Å². The van der Waals surface area contributed by atoms with E-state index in [1.807, 2.05) is 6.08 Å². The highest BCUT2D eigenvalue weighted by Crippen LogP contribution is 2.17. The van der Waals surface area contributed by atoms with E-state index >= 15 is 0 Å². The smallest absolute Gasteiger partial charge is 0.305 e. The molecule has 0 heterocycles. The number of esters is 1. The Hall–Kier alpha value is -1.92. The van der Waals surface area contributed by atoms with Crippen LogP contribution in [0.3, 0.4) is 0 Å². The van der Waals surface area contributed by atoms with Crippen molar-refractivity contribution in [1.29, 1.82) is 0 Å². The molecule has 70 heavy (non-hydrogen) atoms. The molecule has 6 heteroatoms. The molecule has 0 rings (SSSR count). The van der Waals surface area contributed by atoms with E-state index in [0.29, 0.717) is 19.4 Å². The van der Waals surface area contributed by atoms with Crippen molar-refractivity contribution in [3.05, 3.63) is 36.5 Å². The normalized spacial score (nSPS) is 12.8. The maximum atomic E-state index is 12.5. The summed E-state index contributed by atoms with van der Waals surface area (Å²) in [6.07, 6.45) is 74.6. The van der Waals surface area contributed by atoms with Gasteiger partial charge in [-0.15, -0.1) is 0 Å². The first-order valence-corrected chi connectivity index (χ1v) is 31.3. The number of nitrogens with one attached hydrogen (secondary N) is 1. The molecule has 0 aromatic carbocycles. The van der Waals surface area contributed by atoms with Crippen molar-refractivity contribution in [2.75, 3.05) is 13.2 Å². The van der Waals surface area contributed by atoms with Crippen LogP contribution in [0.4, 0.5) is 0 Å². The summed E-state index contributed by atoms with van der Waals surface area (Å²) in [5.41, 5.74) is 0. The molecule has 0 aromatic heterocycles. The summed E-state index contributed by atoms with van der Waals surface area (Å²) < 4.78 is 5.48. The second kappa shape index (κ2) is 59.6. The predicted octanol–water partition coefficient (Wildman–Crippen LogP) is 19.6. The lowest BCUT2D eigenvalue weighted by Gasteiger charge is -2.20. The molecule has 0 aliphatic rings. The van der Waals surface area contributed by atoms with Gasteiger partial charge in [-0.3, -0.25) is 9.59 Å². The second-order valence-electron chi connectivity index (χ2n) is 21.4. The second-order valence-corrected chi connectivity index (χ2v) is 21.4. The Morgan fingerprint density at radius 3 is 1.11 bits per heavy atom. The maximum absolute atomic E-state index is 12.5. The molecule has 0 saturated carbocycles. The SMILES string of the molecule is CCCCC/C=C\C/C=C\CCCCCCCCCCCC(=O)OCCCCCCCCCCCCCC(=O)NC(CO)C(O)/C=C/CCCCCCCCCCCCCCCCCCCCCCC. The van der Waals surface area contributed by atoms with E-state index in [-0.39, 0.29) is 18.5 Å². The van der Waals surface area contributed by atoms with E-state index in [9.17, 15) is 19.8 Å². The van der Waals surface area contributed by atoms with Crippen LogP contribution in [0.25, 0.3) is 0 Å². The highest BCUT2D eigenvalue weighted by Gasteiger charge is 2.18. The molecule has 2 atom stereocenters. The number of hydrogen-bond acceptors (Lipinski definition) is 5. The van der Waals surface area contributed by atoms with Gasteiger partial charge in [-0.1, -0.05) is 294 Å². The van der Waals surface area contributed by atoms with E-state index in [2.05, 4.69) is 43.5 Å².